The van der Waals surface area contributed by atoms with Gasteiger partial charge in [-0.3, -0.25) is 0 Å². The summed E-state index contributed by atoms with van der Waals surface area (Å²) < 4.78 is 42.5. The molecule has 0 aliphatic rings. The second-order valence-corrected chi connectivity index (χ2v) is 9.10. The van der Waals surface area contributed by atoms with Crippen LogP contribution in [0.5, 0.6) is 0 Å². The molecule has 1 atom stereocenters. The Hall–Kier alpha value is -2.78. The van der Waals surface area contributed by atoms with Crippen LogP contribution in [0.2, 0.25) is 0 Å². The lowest BCUT2D eigenvalue weighted by molar-refractivity contribution is 0.558. The maximum absolute atomic E-state index is 14.7. The fourth-order valence-corrected chi connectivity index (χ4v) is 5.30. The maximum atomic E-state index is 14.7. The van der Waals surface area contributed by atoms with Crippen LogP contribution >= 0.6 is 15.9 Å². The number of anilines is 1. The van der Waals surface area contributed by atoms with Gasteiger partial charge in [0.05, 0.1) is 4.90 Å². The molecule has 6 nitrogen and oxygen atoms in total. The second-order valence-electron chi connectivity index (χ2n) is 6.15. The number of aromatic amines is 1. The molecule has 1 aromatic carbocycles. The highest BCUT2D eigenvalue weighted by Crippen LogP contribution is 2.39. The van der Waals surface area contributed by atoms with E-state index in [1.54, 1.807) is 30.5 Å². The molecule has 28 heavy (non-hydrogen) atoms. The fraction of sp³-hybridized carbons (Fsp3) is 0.0526. The van der Waals surface area contributed by atoms with E-state index in [2.05, 4.69) is 30.9 Å². The van der Waals surface area contributed by atoms with E-state index in [0.29, 0.717) is 21.1 Å². The Bertz CT molecular complexity index is 1280. The predicted octanol–water partition coefficient (Wildman–Crippen LogP) is 4.01. The molecule has 1 unspecified atom stereocenters. The zero-order valence-electron chi connectivity index (χ0n) is 14.3. The van der Waals surface area contributed by atoms with Crippen LogP contribution in [0.25, 0.3) is 11.0 Å². The summed E-state index contributed by atoms with van der Waals surface area (Å²) in [5.41, 5.74) is 6.34. The van der Waals surface area contributed by atoms with Crippen LogP contribution in [0.15, 0.2) is 70.3 Å². The van der Waals surface area contributed by atoms with Gasteiger partial charge in [0.1, 0.15) is 16.7 Å². The highest BCUT2D eigenvalue weighted by molar-refractivity contribution is 9.10. The number of nitrogen functional groups attached to an aromatic ring is 1. The molecule has 142 valence electrons. The van der Waals surface area contributed by atoms with Crippen molar-refractivity contribution in [1.82, 2.24) is 15.0 Å². The highest BCUT2D eigenvalue weighted by Gasteiger charge is 2.35. The number of hydrogen-bond acceptors (Lipinski definition) is 5. The Kier molecular flexibility index (Phi) is 4.64. The summed E-state index contributed by atoms with van der Waals surface area (Å²) in [5.74, 6) is -0.956. The van der Waals surface area contributed by atoms with E-state index >= 15 is 0 Å². The van der Waals surface area contributed by atoms with E-state index in [-0.39, 0.29) is 16.3 Å². The molecular weight excluding hydrogens is 447 g/mol. The van der Waals surface area contributed by atoms with Crippen molar-refractivity contribution in [3.05, 3.63) is 82.5 Å². The quantitative estimate of drug-likeness (QED) is 0.448. The number of hydrogen-bond donors (Lipinski definition) is 2. The van der Waals surface area contributed by atoms with Gasteiger partial charge in [-0.25, -0.2) is 18.4 Å². The van der Waals surface area contributed by atoms with E-state index in [9.17, 15) is 12.8 Å². The van der Waals surface area contributed by atoms with Crippen LogP contribution in [0.4, 0.5) is 10.2 Å². The zero-order chi connectivity index (χ0) is 19.9. The van der Waals surface area contributed by atoms with Crippen molar-refractivity contribution in [3.63, 3.8) is 0 Å². The summed E-state index contributed by atoms with van der Waals surface area (Å²) in [7, 11) is -4.00. The summed E-state index contributed by atoms with van der Waals surface area (Å²) in [6.45, 7) is 0. The molecule has 4 aromatic rings. The number of nitrogens with zero attached hydrogens (tertiary/aromatic N) is 2. The van der Waals surface area contributed by atoms with Crippen LogP contribution < -0.4 is 5.73 Å². The molecule has 0 spiro atoms. The number of sulfone groups is 1. The third-order valence-corrected chi connectivity index (χ3v) is 6.87. The molecule has 0 aliphatic carbocycles. The number of pyridine rings is 2. The molecule has 9 heteroatoms. The Morgan fingerprint density at radius 3 is 2.57 bits per heavy atom. The van der Waals surface area contributed by atoms with Crippen LogP contribution in [0.3, 0.4) is 0 Å². The fourth-order valence-electron chi connectivity index (χ4n) is 3.12. The average Bonchev–Trinajstić information content (AvgIpc) is 3.07. The van der Waals surface area contributed by atoms with Gasteiger partial charge in [-0.05, 0) is 46.3 Å². The zero-order valence-corrected chi connectivity index (χ0v) is 16.7. The van der Waals surface area contributed by atoms with Crippen LogP contribution in [-0.2, 0) is 9.84 Å². The van der Waals surface area contributed by atoms with Crippen LogP contribution in [0.1, 0.15) is 16.4 Å². The third-order valence-electron chi connectivity index (χ3n) is 4.38. The molecule has 3 aromatic heterocycles. The largest absolute Gasteiger partial charge is 0.384 e. The number of benzene rings is 1. The molecular formula is C19H14BrFN4O2S. The van der Waals surface area contributed by atoms with Gasteiger partial charge in [-0.2, -0.15) is 4.39 Å². The maximum Gasteiger partial charge on any atom is 0.219 e. The predicted molar refractivity (Wildman–Crippen MR) is 108 cm³/mol. The van der Waals surface area contributed by atoms with E-state index in [4.69, 9.17) is 5.73 Å². The number of rotatable bonds is 4. The standard InChI is InChI=1S/C19H14BrFN4O2S/c20-11-8-14-15(10-24-19(14)23-9-11)17(13-6-7-16(22)25-18(13)21)28(26,27)12-4-2-1-3-5-12/h1-10,17H,(H2,22,25)(H,23,24). The van der Waals surface area contributed by atoms with Gasteiger partial charge in [0.2, 0.25) is 5.95 Å². The average molecular weight is 461 g/mol. The molecule has 3 heterocycles. The number of H-pyrrole nitrogens is 1. The number of nitrogens with two attached hydrogens (primary N) is 1. The Morgan fingerprint density at radius 1 is 1.11 bits per heavy atom. The van der Waals surface area contributed by atoms with Gasteiger partial charge in [0.25, 0.3) is 0 Å². The molecule has 0 fully saturated rings. The summed E-state index contributed by atoms with van der Waals surface area (Å²) in [6.07, 6.45) is 3.12. The topological polar surface area (TPSA) is 102 Å². The van der Waals surface area contributed by atoms with Crippen molar-refractivity contribution in [1.29, 1.82) is 0 Å². The smallest absolute Gasteiger partial charge is 0.219 e. The van der Waals surface area contributed by atoms with Crippen molar-refractivity contribution >= 4 is 42.6 Å². The van der Waals surface area contributed by atoms with Gasteiger partial charge in [0, 0.05) is 33.4 Å². The Labute approximate surface area is 168 Å². The first-order valence-corrected chi connectivity index (χ1v) is 10.6. The van der Waals surface area contributed by atoms with Gasteiger partial charge in [0.15, 0.2) is 9.84 Å². The number of nitrogens with one attached hydrogen (secondary N) is 1. The van der Waals surface area contributed by atoms with Crippen molar-refractivity contribution < 1.29 is 12.8 Å². The third kappa shape index (κ3) is 3.16. The molecule has 0 radical (unpaired) electrons. The van der Waals surface area contributed by atoms with Gasteiger partial charge >= 0.3 is 0 Å². The minimum atomic E-state index is -4.00. The molecule has 0 saturated heterocycles. The van der Waals surface area contributed by atoms with Crippen LogP contribution in [0, 0.1) is 5.95 Å². The van der Waals surface area contributed by atoms with E-state index < -0.39 is 21.0 Å². The summed E-state index contributed by atoms with van der Waals surface area (Å²) in [6, 6.07) is 12.4. The van der Waals surface area contributed by atoms with Crippen LogP contribution in [-0.4, -0.2) is 23.4 Å². The van der Waals surface area contributed by atoms with Crippen molar-refractivity contribution in [2.75, 3.05) is 5.73 Å². The van der Waals surface area contributed by atoms with Gasteiger partial charge in [-0.1, -0.05) is 18.2 Å². The molecule has 0 saturated carbocycles. The first-order valence-electron chi connectivity index (χ1n) is 8.21. The van der Waals surface area contributed by atoms with E-state index in [1.807, 2.05) is 0 Å². The molecule has 0 bridgehead atoms. The molecule has 4 rings (SSSR count). The number of fused-ring (bicyclic) bond motifs is 1. The monoisotopic (exact) mass is 460 g/mol. The van der Waals surface area contributed by atoms with Gasteiger partial charge < -0.3 is 10.7 Å². The normalized spacial score (nSPS) is 12.9. The number of aromatic nitrogens is 3. The SMILES string of the molecule is Nc1ccc(C(c2c[nH]c3ncc(Br)cc23)S(=O)(=O)c2ccccc2)c(F)n1. The molecule has 3 N–H and O–H groups in total. The van der Waals surface area contributed by atoms with E-state index in [1.165, 1.54) is 30.5 Å². The highest BCUT2D eigenvalue weighted by atomic mass is 79.9. The first kappa shape index (κ1) is 18.6. The lowest BCUT2D eigenvalue weighted by Crippen LogP contribution is -2.17. The van der Waals surface area contributed by atoms with Gasteiger partial charge in [-0.15, -0.1) is 0 Å². The second kappa shape index (κ2) is 6.99. The lowest BCUT2D eigenvalue weighted by Gasteiger charge is -2.18. The van der Waals surface area contributed by atoms with Crippen molar-refractivity contribution in [2.24, 2.45) is 0 Å². The van der Waals surface area contributed by atoms with E-state index in [0.717, 1.165) is 0 Å². The molecule has 0 amide bonds. The first-order chi connectivity index (χ1) is 13.4. The summed E-state index contributed by atoms with van der Waals surface area (Å²) in [4.78, 5) is 10.9. The Balaban J connectivity index is 2.03. The summed E-state index contributed by atoms with van der Waals surface area (Å²) in [5, 5.41) is -0.761. The molecule has 0 aliphatic heterocycles. The number of halogens is 2. The lowest BCUT2D eigenvalue weighted by atomic mass is 10.1. The Morgan fingerprint density at radius 2 is 1.86 bits per heavy atom. The minimum Gasteiger partial charge on any atom is -0.384 e. The van der Waals surface area contributed by atoms with Crippen molar-refractivity contribution in [3.8, 4) is 0 Å². The summed E-state index contributed by atoms with van der Waals surface area (Å²) >= 11 is 3.35. The van der Waals surface area contributed by atoms with Crippen molar-refractivity contribution in [2.45, 2.75) is 10.1 Å². The minimum absolute atomic E-state index is 0.0274.